The van der Waals surface area contributed by atoms with E-state index >= 15 is 0 Å². The highest BCUT2D eigenvalue weighted by Gasteiger charge is 2.20. The van der Waals surface area contributed by atoms with Crippen LogP contribution in [0.2, 0.25) is 0 Å². The summed E-state index contributed by atoms with van der Waals surface area (Å²) in [4.78, 5) is 12.2. The first-order valence-corrected chi connectivity index (χ1v) is 10.3. The maximum Gasteiger partial charge on any atom is 0.232 e. The largest absolute Gasteiger partial charge is 0.497 e. The van der Waals surface area contributed by atoms with E-state index in [-0.39, 0.29) is 31.0 Å². The fraction of sp³-hybridized carbons (Fsp3) is 0.316. The summed E-state index contributed by atoms with van der Waals surface area (Å²) in [6, 6.07) is 10.6. The highest BCUT2D eigenvalue weighted by molar-refractivity contribution is 7.92. The van der Waals surface area contributed by atoms with Crippen LogP contribution in [0.3, 0.4) is 0 Å². The van der Waals surface area contributed by atoms with Gasteiger partial charge in [0, 0.05) is 19.0 Å². The zero-order chi connectivity index (χ0) is 20.7. The predicted molar refractivity (Wildman–Crippen MR) is 106 cm³/mol. The number of hydrogen-bond acceptors (Lipinski definition) is 5. The van der Waals surface area contributed by atoms with E-state index in [4.69, 9.17) is 9.47 Å². The number of anilines is 2. The van der Waals surface area contributed by atoms with Crippen LogP contribution in [0.5, 0.6) is 11.5 Å². The summed E-state index contributed by atoms with van der Waals surface area (Å²) < 4.78 is 49.3. The van der Waals surface area contributed by atoms with Crippen molar-refractivity contribution in [1.29, 1.82) is 0 Å². The molecule has 0 spiro atoms. The minimum Gasteiger partial charge on any atom is -0.497 e. The van der Waals surface area contributed by atoms with E-state index in [2.05, 4.69) is 5.32 Å². The Morgan fingerprint density at radius 1 is 1.14 bits per heavy atom. The molecule has 0 aliphatic rings. The molecule has 2 aromatic rings. The van der Waals surface area contributed by atoms with Crippen molar-refractivity contribution < 1.29 is 27.1 Å². The molecule has 0 saturated heterocycles. The van der Waals surface area contributed by atoms with Gasteiger partial charge in [0.15, 0.2) is 0 Å². The monoisotopic (exact) mass is 410 g/mol. The molecular weight excluding hydrogens is 387 g/mol. The van der Waals surface area contributed by atoms with Gasteiger partial charge in [0.1, 0.15) is 17.3 Å². The average Bonchev–Trinajstić information content (AvgIpc) is 2.65. The van der Waals surface area contributed by atoms with Gasteiger partial charge in [0.25, 0.3) is 0 Å². The van der Waals surface area contributed by atoms with Gasteiger partial charge in [-0.2, -0.15) is 0 Å². The van der Waals surface area contributed by atoms with Crippen LogP contribution in [-0.4, -0.2) is 41.3 Å². The van der Waals surface area contributed by atoms with Gasteiger partial charge in [0.2, 0.25) is 15.9 Å². The summed E-state index contributed by atoms with van der Waals surface area (Å²) >= 11 is 0. The number of methoxy groups -OCH3 is 2. The Bertz CT molecular complexity index is 934. The Hall–Kier alpha value is -2.81. The third-order valence-electron chi connectivity index (χ3n) is 3.97. The van der Waals surface area contributed by atoms with Gasteiger partial charge in [-0.15, -0.1) is 0 Å². The number of carbonyl (C=O) groups excluding carboxylic acids is 1. The first-order chi connectivity index (χ1) is 13.3. The number of rotatable bonds is 9. The van der Waals surface area contributed by atoms with Crippen molar-refractivity contribution in [2.45, 2.75) is 12.8 Å². The number of nitrogens with one attached hydrogen (secondary N) is 1. The first-order valence-electron chi connectivity index (χ1n) is 8.50. The Morgan fingerprint density at radius 2 is 1.86 bits per heavy atom. The molecule has 0 atom stereocenters. The topological polar surface area (TPSA) is 84.9 Å². The molecule has 2 aromatic carbocycles. The molecule has 2 rings (SSSR count). The van der Waals surface area contributed by atoms with Crippen LogP contribution in [0.1, 0.15) is 12.8 Å². The van der Waals surface area contributed by atoms with Crippen LogP contribution in [0.4, 0.5) is 15.8 Å². The molecule has 152 valence electrons. The van der Waals surface area contributed by atoms with Gasteiger partial charge >= 0.3 is 0 Å². The maximum absolute atomic E-state index is 14.0. The summed E-state index contributed by atoms with van der Waals surface area (Å²) in [7, 11) is -0.689. The molecule has 0 radical (unpaired) electrons. The lowest BCUT2D eigenvalue weighted by atomic mass is 10.2. The van der Waals surface area contributed by atoms with Gasteiger partial charge in [-0.3, -0.25) is 9.10 Å². The van der Waals surface area contributed by atoms with Crippen molar-refractivity contribution in [2.75, 3.05) is 36.6 Å². The number of para-hydroxylation sites is 1. The minimum absolute atomic E-state index is 0.0209. The third kappa shape index (κ3) is 5.59. The fourth-order valence-electron chi connectivity index (χ4n) is 2.62. The van der Waals surface area contributed by atoms with E-state index in [1.165, 1.54) is 32.4 Å². The van der Waals surface area contributed by atoms with Crippen molar-refractivity contribution in [3.63, 3.8) is 0 Å². The van der Waals surface area contributed by atoms with Crippen LogP contribution < -0.4 is 19.1 Å². The number of nitrogens with zero attached hydrogens (tertiary/aromatic N) is 1. The van der Waals surface area contributed by atoms with Crippen molar-refractivity contribution in [1.82, 2.24) is 0 Å². The molecule has 0 aliphatic carbocycles. The standard InChI is InChI=1S/C19H23FN2O5S/c1-26-14-10-11-16(18(13-14)27-2)21-19(23)9-6-12-22(28(3,24)25)17-8-5-4-7-15(17)20/h4-5,7-8,10-11,13H,6,9,12H2,1-3H3,(H,21,23). The van der Waals surface area contributed by atoms with Crippen LogP contribution in [0, 0.1) is 5.82 Å². The minimum atomic E-state index is -3.69. The van der Waals surface area contributed by atoms with E-state index < -0.39 is 15.8 Å². The van der Waals surface area contributed by atoms with Crippen molar-refractivity contribution in [3.05, 3.63) is 48.3 Å². The molecule has 0 heterocycles. The van der Waals surface area contributed by atoms with E-state index in [1.807, 2.05) is 0 Å². The summed E-state index contributed by atoms with van der Waals surface area (Å²) in [6.45, 7) is -0.0209. The van der Waals surface area contributed by atoms with Crippen molar-refractivity contribution >= 4 is 27.3 Å². The number of hydrogen-bond donors (Lipinski definition) is 1. The van der Waals surface area contributed by atoms with Gasteiger partial charge in [-0.25, -0.2) is 12.8 Å². The lowest BCUT2D eigenvalue weighted by Gasteiger charge is -2.22. The number of amides is 1. The highest BCUT2D eigenvalue weighted by Crippen LogP contribution is 2.29. The molecule has 0 fully saturated rings. The molecular formula is C19H23FN2O5S. The zero-order valence-electron chi connectivity index (χ0n) is 15.9. The molecule has 0 bridgehead atoms. The normalized spacial score (nSPS) is 11.0. The summed E-state index contributed by atoms with van der Waals surface area (Å²) in [5.74, 6) is 0.0751. The Morgan fingerprint density at radius 3 is 2.46 bits per heavy atom. The molecule has 28 heavy (non-hydrogen) atoms. The van der Waals surface area contributed by atoms with Crippen LogP contribution in [0.25, 0.3) is 0 Å². The summed E-state index contributed by atoms with van der Waals surface area (Å²) in [5, 5.41) is 2.71. The lowest BCUT2D eigenvalue weighted by molar-refractivity contribution is -0.116. The number of benzene rings is 2. The van der Waals surface area contributed by atoms with Crippen LogP contribution >= 0.6 is 0 Å². The molecule has 0 saturated carbocycles. The SMILES string of the molecule is COc1ccc(NC(=O)CCCN(c2ccccc2F)S(C)(=O)=O)c(OC)c1. The molecule has 0 aromatic heterocycles. The van der Waals surface area contributed by atoms with Gasteiger partial charge < -0.3 is 14.8 Å². The second kappa shape index (κ2) is 9.41. The van der Waals surface area contributed by atoms with Gasteiger partial charge in [-0.1, -0.05) is 12.1 Å². The predicted octanol–water partition coefficient (Wildman–Crippen LogP) is 3.03. The molecule has 7 nitrogen and oxygen atoms in total. The smallest absolute Gasteiger partial charge is 0.232 e. The molecule has 1 N–H and O–H groups in total. The van der Waals surface area contributed by atoms with Crippen LogP contribution in [-0.2, 0) is 14.8 Å². The summed E-state index contributed by atoms with van der Waals surface area (Å²) in [6.07, 6.45) is 1.27. The van der Waals surface area contributed by atoms with E-state index in [0.29, 0.717) is 17.2 Å². The molecule has 0 aliphatic heterocycles. The number of carbonyl (C=O) groups is 1. The third-order valence-corrected chi connectivity index (χ3v) is 5.15. The summed E-state index contributed by atoms with van der Waals surface area (Å²) in [5.41, 5.74) is 0.435. The first kappa shape index (κ1) is 21.5. The Labute approximate surface area is 164 Å². The maximum atomic E-state index is 14.0. The van der Waals surface area contributed by atoms with Crippen LogP contribution in [0.15, 0.2) is 42.5 Å². The molecule has 1 amide bonds. The number of halogens is 1. The fourth-order valence-corrected chi connectivity index (χ4v) is 3.58. The Balaban J connectivity index is 2.01. The second-order valence-corrected chi connectivity index (χ2v) is 7.91. The van der Waals surface area contributed by atoms with Gasteiger partial charge in [-0.05, 0) is 30.7 Å². The number of ether oxygens (including phenoxy) is 2. The molecule has 9 heteroatoms. The zero-order valence-corrected chi connectivity index (χ0v) is 16.8. The average molecular weight is 410 g/mol. The molecule has 0 unspecified atom stereocenters. The quantitative estimate of drug-likeness (QED) is 0.687. The highest BCUT2D eigenvalue weighted by atomic mass is 32.2. The van der Waals surface area contributed by atoms with Crippen molar-refractivity contribution in [2.24, 2.45) is 0 Å². The van der Waals surface area contributed by atoms with E-state index in [9.17, 15) is 17.6 Å². The van der Waals surface area contributed by atoms with Gasteiger partial charge in [0.05, 0.1) is 31.9 Å². The number of sulfonamides is 1. The van der Waals surface area contributed by atoms with E-state index in [0.717, 1.165) is 10.6 Å². The van der Waals surface area contributed by atoms with Crippen molar-refractivity contribution in [3.8, 4) is 11.5 Å². The lowest BCUT2D eigenvalue weighted by Crippen LogP contribution is -2.32. The van der Waals surface area contributed by atoms with E-state index in [1.54, 1.807) is 24.3 Å². The Kier molecular flexibility index (Phi) is 7.22. The second-order valence-electron chi connectivity index (χ2n) is 6.00.